The van der Waals surface area contributed by atoms with Crippen LogP contribution < -0.4 is 11.1 Å². The molecule has 0 aliphatic heterocycles. The summed E-state index contributed by atoms with van der Waals surface area (Å²) in [4.78, 5) is 8.89. The number of aromatic nitrogens is 2. The SMILES string of the molecule is COC1CCC(Nc2cc(N)nc(-c3ccccc3)n2)C1. The lowest BCUT2D eigenvalue weighted by atomic mass is 10.2. The van der Waals surface area contributed by atoms with Crippen LogP contribution in [0.25, 0.3) is 11.4 Å². The molecule has 21 heavy (non-hydrogen) atoms. The second kappa shape index (κ2) is 6.10. The van der Waals surface area contributed by atoms with Crippen LogP contribution in [0.4, 0.5) is 11.6 Å². The predicted octanol–water partition coefficient (Wildman–Crippen LogP) is 2.71. The summed E-state index contributed by atoms with van der Waals surface area (Å²) in [6.45, 7) is 0. The Morgan fingerprint density at radius 1 is 1.19 bits per heavy atom. The molecule has 3 rings (SSSR count). The minimum atomic E-state index is 0.343. The summed E-state index contributed by atoms with van der Waals surface area (Å²) in [6, 6.07) is 12.0. The Balaban J connectivity index is 1.79. The van der Waals surface area contributed by atoms with E-state index in [-0.39, 0.29) is 0 Å². The molecule has 1 fully saturated rings. The number of methoxy groups -OCH3 is 1. The fourth-order valence-electron chi connectivity index (χ4n) is 2.75. The van der Waals surface area contributed by atoms with Gasteiger partial charge >= 0.3 is 0 Å². The summed E-state index contributed by atoms with van der Waals surface area (Å²) < 4.78 is 5.40. The third-order valence-corrected chi connectivity index (χ3v) is 3.85. The molecule has 0 bridgehead atoms. The number of nitrogens with two attached hydrogens (primary N) is 1. The Labute approximate surface area is 124 Å². The molecule has 0 spiro atoms. The molecule has 1 saturated carbocycles. The largest absolute Gasteiger partial charge is 0.384 e. The average Bonchev–Trinajstić information content (AvgIpc) is 2.95. The highest BCUT2D eigenvalue weighted by Crippen LogP contribution is 2.25. The van der Waals surface area contributed by atoms with E-state index in [1.165, 1.54) is 0 Å². The second-order valence-corrected chi connectivity index (χ2v) is 5.38. The zero-order valence-corrected chi connectivity index (χ0v) is 12.1. The van der Waals surface area contributed by atoms with Gasteiger partial charge in [0.25, 0.3) is 0 Å². The van der Waals surface area contributed by atoms with Gasteiger partial charge in [0.2, 0.25) is 0 Å². The summed E-state index contributed by atoms with van der Waals surface area (Å²) in [6.07, 6.45) is 3.51. The molecular formula is C16H20N4O. The number of hydrogen-bond donors (Lipinski definition) is 2. The first-order valence-corrected chi connectivity index (χ1v) is 7.24. The van der Waals surface area contributed by atoms with Crippen LogP contribution in [-0.2, 0) is 4.74 Å². The van der Waals surface area contributed by atoms with E-state index in [9.17, 15) is 0 Å². The fraction of sp³-hybridized carbons (Fsp3) is 0.375. The molecule has 1 aromatic carbocycles. The minimum Gasteiger partial charge on any atom is -0.384 e. The molecule has 2 unspecified atom stereocenters. The van der Waals surface area contributed by atoms with E-state index in [2.05, 4.69) is 15.3 Å². The summed E-state index contributed by atoms with van der Waals surface area (Å²) in [5.74, 6) is 1.91. The fourth-order valence-corrected chi connectivity index (χ4v) is 2.75. The topological polar surface area (TPSA) is 73.1 Å². The van der Waals surface area contributed by atoms with Gasteiger partial charge in [0, 0.05) is 24.8 Å². The number of anilines is 2. The third-order valence-electron chi connectivity index (χ3n) is 3.85. The van der Waals surface area contributed by atoms with Crippen molar-refractivity contribution < 1.29 is 4.74 Å². The Morgan fingerprint density at radius 2 is 2.00 bits per heavy atom. The van der Waals surface area contributed by atoms with Crippen molar-refractivity contribution in [2.45, 2.75) is 31.4 Å². The molecule has 0 saturated heterocycles. The van der Waals surface area contributed by atoms with Gasteiger partial charge in [-0.1, -0.05) is 30.3 Å². The van der Waals surface area contributed by atoms with E-state index in [1.54, 1.807) is 13.2 Å². The van der Waals surface area contributed by atoms with Crippen LogP contribution >= 0.6 is 0 Å². The van der Waals surface area contributed by atoms with Gasteiger partial charge in [0.05, 0.1) is 6.10 Å². The van der Waals surface area contributed by atoms with E-state index < -0.39 is 0 Å². The van der Waals surface area contributed by atoms with Gasteiger partial charge in [-0.05, 0) is 19.3 Å². The van der Waals surface area contributed by atoms with Gasteiger partial charge in [0.15, 0.2) is 5.82 Å². The molecule has 2 aromatic rings. The predicted molar refractivity (Wildman–Crippen MR) is 83.9 cm³/mol. The monoisotopic (exact) mass is 284 g/mol. The van der Waals surface area contributed by atoms with E-state index in [1.807, 2.05) is 30.3 Å². The average molecular weight is 284 g/mol. The van der Waals surface area contributed by atoms with Gasteiger partial charge in [-0.3, -0.25) is 0 Å². The van der Waals surface area contributed by atoms with Crippen molar-refractivity contribution in [1.29, 1.82) is 0 Å². The maximum atomic E-state index is 5.91. The van der Waals surface area contributed by atoms with E-state index in [4.69, 9.17) is 10.5 Å². The highest BCUT2D eigenvalue weighted by Gasteiger charge is 2.24. The quantitative estimate of drug-likeness (QED) is 0.903. The van der Waals surface area contributed by atoms with Crippen LogP contribution in [0.5, 0.6) is 0 Å². The van der Waals surface area contributed by atoms with Crippen molar-refractivity contribution in [2.75, 3.05) is 18.2 Å². The number of nitrogen functional groups attached to an aromatic ring is 1. The molecule has 1 heterocycles. The van der Waals surface area contributed by atoms with Gasteiger partial charge in [-0.25, -0.2) is 9.97 Å². The summed E-state index contributed by atoms with van der Waals surface area (Å²) >= 11 is 0. The number of hydrogen-bond acceptors (Lipinski definition) is 5. The van der Waals surface area contributed by atoms with Crippen LogP contribution in [0.15, 0.2) is 36.4 Å². The third kappa shape index (κ3) is 3.31. The molecule has 1 aliphatic rings. The normalized spacial score (nSPS) is 21.4. The van der Waals surface area contributed by atoms with Crippen molar-refractivity contribution in [3.8, 4) is 11.4 Å². The molecule has 5 nitrogen and oxygen atoms in total. The lowest BCUT2D eigenvalue weighted by Crippen LogP contribution is -2.18. The first-order chi connectivity index (χ1) is 10.2. The lowest BCUT2D eigenvalue weighted by Gasteiger charge is -2.14. The van der Waals surface area contributed by atoms with Crippen molar-refractivity contribution in [3.05, 3.63) is 36.4 Å². The first kappa shape index (κ1) is 13.8. The molecule has 0 radical (unpaired) electrons. The van der Waals surface area contributed by atoms with Crippen molar-refractivity contribution >= 4 is 11.6 Å². The molecule has 5 heteroatoms. The molecule has 1 aromatic heterocycles. The van der Waals surface area contributed by atoms with Crippen LogP contribution in [-0.4, -0.2) is 29.2 Å². The second-order valence-electron chi connectivity index (χ2n) is 5.38. The van der Waals surface area contributed by atoms with Gasteiger partial charge in [-0.15, -0.1) is 0 Å². The van der Waals surface area contributed by atoms with Crippen LogP contribution in [0, 0.1) is 0 Å². The maximum absolute atomic E-state index is 5.91. The zero-order chi connectivity index (χ0) is 14.7. The van der Waals surface area contributed by atoms with Gasteiger partial charge in [-0.2, -0.15) is 0 Å². The highest BCUT2D eigenvalue weighted by molar-refractivity contribution is 5.60. The van der Waals surface area contributed by atoms with Crippen LogP contribution in [0.2, 0.25) is 0 Å². The number of nitrogens with one attached hydrogen (secondary N) is 1. The van der Waals surface area contributed by atoms with E-state index >= 15 is 0 Å². The molecule has 0 amide bonds. The van der Waals surface area contributed by atoms with Crippen molar-refractivity contribution in [1.82, 2.24) is 9.97 Å². The Kier molecular flexibility index (Phi) is 4.01. The first-order valence-electron chi connectivity index (χ1n) is 7.24. The molecule has 110 valence electrons. The highest BCUT2D eigenvalue weighted by atomic mass is 16.5. The molecule has 3 N–H and O–H groups in total. The molecule has 2 atom stereocenters. The number of nitrogens with zero attached hydrogens (tertiary/aromatic N) is 2. The van der Waals surface area contributed by atoms with Crippen LogP contribution in [0.1, 0.15) is 19.3 Å². The Morgan fingerprint density at radius 3 is 2.71 bits per heavy atom. The zero-order valence-electron chi connectivity index (χ0n) is 12.1. The Hall–Kier alpha value is -2.14. The van der Waals surface area contributed by atoms with Crippen molar-refractivity contribution in [2.24, 2.45) is 0 Å². The number of benzene rings is 1. The van der Waals surface area contributed by atoms with Gasteiger partial charge < -0.3 is 15.8 Å². The Bertz CT molecular complexity index is 602. The number of rotatable bonds is 4. The van der Waals surface area contributed by atoms with Crippen LogP contribution in [0.3, 0.4) is 0 Å². The van der Waals surface area contributed by atoms with Crippen molar-refractivity contribution in [3.63, 3.8) is 0 Å². The lowest BCUT2D eigenvalue weighted by molar-refractivity contribution is 0.108. The summed E-state index contributed by atoms with van der Waals surface area (Å²) in [5, 5.41) is 3.45. The van der Waals surface area contributed by atoms with E-state index in [0.29, 0.717) is 23.8 Å². The summed E-state index contributed by atoms with van der Waals surface area (Å²) in [5.41, 5.74) is 6.88. The molecule has 1 aliphatic carbocycles. The number of ether oxygens (including phenoxy) is 1. The standard InChI is InChI=1S/C16H20N4O/c1-21-13-8-7-12(9-13)18-15-10-14(17)19-16(20-15)11-5-3-2-4-6-11/h2-6,10,12-13H,7-9H2,1H3,(H3,17,18,19,20). The van der Waals surface area contributed by atoms with E-state index in [0.717, 1.165) is 30.6 Å². The minimum absolute atomic E-state index is 0.343. The van der Waals surface area contributed by atoms with Gasteiger partial charge in [0.1, 0.15) is 11.6 Å². The molecular weight excluding hydrogens is 264 g/mol. The maximum Gasteiger partial charge on any atom is 0.163 e. The smallest absolute Gasteiger partial charge is 0.163 e. The summed E-state index contributed by atoms with van der Waals surface area (Å²) in [7, 11) is 1.77.